The fraction of sp³-hybridized carbons (Fsp3) is 0.467. The second-order valence-corrected chi connectivity index (χ2v) is 4.73. The van der Waals surface area contributed by atoms with Gasteiger partial charge in [0.1, 0.15) is 0 Å². The summed E-state index contributed by atoms with van der Waals surface area (Å²) in [6.45, 7) is 6.14. The van der Waals surface area contributed by atoms with Crippen molar-refractivity contribution in [3.05, 3.63) is 24.3 Å². The molecular formula is C15H22N4O. The predicted molar refractivity (Wildman–Crippen MR) is 81.7 cm³/mol. The molecule has 0 fully saturated rings. The molecule has 20 heavy (non-hydrogen) atoms. The fourth-order valence-corrected chi connectivity index (χ4v) is 2.32. The lowest BCUT2D eigenvalue weighted by atomic mass is 10.3. The number of rotatable bonds is 6. The number of para-hydroxylation sites is 2. The van der Waals surface area contributed by atoms with Crippen molar-refractivity contribution in [2.45, 2.75) is 20.3 Å². The molecule has 5 nitrogen and oxygen atoms in total. The number of aromatic nitrogens is 2. The van der Waals surface area contributed by atoms with Crippen LogP contribution in [0.15, 0.2) is 24.3 Å². The average molecular weight is 274 g/mol. The summed E-state index contributed by atoms with van der Waals surface area (Å²) in [5.74, 6) is 0.986. The van der Waals surface area contributed by atoms with E-state index in [0.717, 1.165) is 30.1 Å². The second kappa shape index (κ2) is 6.41. The van der Waals surface area contributed by atoms with Gasteiger partial charge in [0, 0.05) is 33.1 Å². The Kier molecular flexibility index (Phi) is 4.61. The molecule has 0 aliphatic rings. The number of carbonyl (C=O) groups excluding carboxylic acids is 1. The van der Waals surface area contributed by atoms with Crippen molar-refractivity contribution in [1.82, 2.24) is 14.5 Å². The summed E-state index contributed by atoms with van der Waals surface area (Å²) in [5, 5.41) is 3.24. The molecule has 1 aromatic heterocycles. The standard InChI is InChI=1S/C15H22N4O/c1-4-19(5-2)14(20)10-11-16-15-17-12-8-6-7-9-13(12)18(15)3/h6-9H,4-5,10-11H2,1-3H3,(H,16,17). The van der Waals surface area contributed by atoms with Gasteiger partial charge in [-0.05, 0) is 26.0 Å². The van der Waals surface area contributed by atoms with Gasteiger partial charge >= 0.3 is 0 Å². The minimum Gasteiger partial charge on any atom is -0.355 e. The van der Waals surface area contributed by atoms with Gasteiger partial charge in [-0.15, -0.1) is 0 Å². The first-order chi connectivity index (χ1) is 9.67. The molecule has 0 aliphatic carbocycles. The van der Waals surface area contributed by atoms with Gasteiger partial charge in [0.2, 0.25) is 11.9 Å². The Bertz CT molecular complexity index is 587. The predicted octanol–water partition coefficient (Wildman–Crippen LogP) is 2.24. The van der Waals surface area contributed by atoms with Crippen molar-refractivity contribution >= 4 is 22.9 Å². The summed E-state index contributed by atoms with van der Waals surface area (Å²) in [4.78, 5) is 18.3. The maximum absolute atomic E-state index is 11.9. The molecule has 5 heteroatoms. The zero-order valence-electron chi connectivity index (χ0n) is 12.4. The third-order valence-corrected chi connectivity index (χ3v) is 3.53. The van der Waals surface area contributed by atoms with Crippen LogP contribution in [-0.2, 0) is 11.8 Å². The van der Waals surface area contributed by atoms with E-state index in [1.54, 1.807) is 0 Å². The molecule has 2 rings (SSSR count). The first kappa shape index (κ1) is 14.4. The average Bonchev–Trinajstić information content (AvgIpc) is 2.78. The minimum atomic E-state index is 0.182. The molecule has 0 radical (unpaired) electrons. The number of imidazole rings is 1. The molecule has 1 heterocycles. The summed E-state index contributed by atoms with van der Waals surface area (Å²) in [5.41, 5.74) is 2.05. The van der Waals surface area contributed by atoms with Gasteiger partial charge in [0.15, 0.2) is 0 Å². The van der Waals surface area contributed by atoms with Crippen molar-refractivity contribution in [2.24, 2.45) is 7.05 Å². The first-order valence-corrected chi connectivity index (χ1v) is 7.10. The molecular weight excluding hydrogens is 252 g/mol. The van der Waals surface area contributed by atoms with Gasteiger partial charge in [0.25, 0.3) is 0 Å². The lowest BCUT2D eigenvalue weighted by Crippen LogP contribution is -2.31. The third-order valence-electron chi connectivity index (χ3n) is 3.53. The van der Waals surface area contributed by atoms with Crippen LogP contribution in [0.3, 0.4) is 0 Å². The molecule has 0 unspecified atom stereocenters. The van der Waals surface area contributed by atoms with Crippen LogP contribution in [0.4, 0.5) is 5.95 Å². The van der Waals surface area contributed by atoms with E-state index < -0.39 is 0 Å². The maximum Gasteiger partial charge on any atom is 0.224 e. The van der Waals surface area contributed by atoms with Crippen molar-refractivity contribution in [3.63, 3.8) is 0 Å². The van der Waals surface area contributed by atoms with Gasteiger partial charge in [-0.2, -0.15) is 0 Å². The Morgan fingerprint density at radius 2 is 2.00 bits per heavy atom. The number of anilines is 1. The van der Waals surface area contributed by atoms with Crippen LogP contribution in [0, 0.1) is 0 Å². The Hall–Kier alpha value is -2.04. The van der Waals surface area contributed by atoms with Crippen LogP contribution in [0.25, 0.3) is 11.0 Å². The van der Waals surface area contributed by atoms with Gasteiger partial charge in [-0.3, -0.25) is 4.79 Å². The molecule has 108 valence electrons. The van der Waals surface area contributed by atoms with E-state index in [-0.39, 0.29) is 5.91 Å². The van der Waals surface area contributed by atoms with Crippen LogP contribution in [0.1, 0.15) is 20.3 Å². The highest BCUT2D eigenvalue weighted by Gasteiger charge is 2.10. The smallest absolute Gasteiger partial charge is 0.224 e. The quantitative estimate of drug-likeness (QED) is 0.879. The minimum absolute atomic E-state index is 0.182. The van der Waals surface area contributed by atoms with Gasteiger partial charge in [-0.1, -0.05) is 12.1 Å². The number of hydrogen-bond donors (Lipinski definition) is 1. The normalized spacial score (nSPS) is 10.8. The number of nitrogens with zero attached hydrogens (tertiary/aromatic N) is 3. The zero-order chi connectivity index (χ0) is 14.5. The van der Waals surface area contributed by atoms with Crippen molar-refractivity contribution < 1.29 is 4.79 Å². The molecule has 0 saturated heterocycles. The summed E-state index contributed by atoms with van der Waals surface area (Å²) in [6, 6.07) is 8.00. The number of fused-ring (bicyclic) bond motifs is 1. The van der Waals surface area contributed by atoms with E-state index in [9.17, 15) is 4.79 Å². The Morgan fingerprint density at radius 1 is 1.30 bits per heavy atom. The van der Waals surface area contributed by atoms with Crippen molar-refractivity contribution in [3.8, 4) is 0 Å². The lowest BCUT2D eigenvalue weighted by molar-refractivity contribution is -0.130. The topological polar surface area (TPSA) is 50.2 Å². The van der Waals surface area contributed by atoms with E-state index in [1.165, 1.54) is 0 Å². The van der Waals surface area contributed by atoms with Gasteiger partial charge in [-0.25, -0.2) is 4.98 Å². The monoisotopic (exact) mass is 274 g/mol. The van der Waals surface area contributed by atoms with E-state index in [4.69, 9.17) is 0 Å². The second-order valence-electron chi connectivity index (χ2n) is 4.73. The van der Waals surface area contributed by atoms with Crippen molar-refractivity contribution in [2.75, 3.05) is 25.0 Å². The lowest BCUT2D eigenvalue weighted by Gasteiger charge is -2.18. The SMILES string of the molecule is CCN(CC)C(=O)CCNc1nc2ccccc2n1C. The highest BCUT2D eigenvalue weighted by molar-refractivity contribution is 5.79. The molecule has 1 aromatic carbocycles. The number of hydrogen-bond acceptors (Lipinski definition) is 3. The van der Waals surface area contributed by atoms with Crippen molar-refractivity contribution in [1.29, 1.82) is 0 Å². The highest BCUT2D eigenvalue weighted by Crippen LogP contribution is 2.17. The van der Waals surface area contributed by atoms with E-state index in [2.05, 4.69) is 10.3 Å². The van der Waals surface area contributed by atoms with Gasteiger partial charge < -0.3 is 14.8 Å². The molecule has 1 N–H and O–H groups in total. The molecule has 0 spiro atoms. The van der Waals surface area contributed by atoms with Crippen LogP contribution < -0.4 is 5.32 Å². The van der Waals surface area contributed by atoms with Gasteiger partial charge in [0.05, 0.1) is 11.0 Å². The molecule has 0 atom stereocenters. The van der Waals surface area contributed by atoms with Crippen LogP contribution in [0.5, 0.6) is 0 Å². The zero-order valence-corrected chi connectivity index (χ0v) is 12.4. The Balaban J connectivity index is 1.96. The molecule has 0 aliphatic heterocycles. The Morgan fingerprint density at radius 3 is 2.65 bits per heavy atom. The number of amides is 1. The van der Waals surface area contributed by atoms with E-state index >= 15 is 0 Å². The largest absolute Gasteiger partial charge is 0.355 e. The molecule has 2 aromatic rings. The number of aryl methyl sites for hydroxylation is 1. The molecule has 0 saturated carbocycles. The number of benzene rings is 1. The summed E-state index contributed by atoms with van der Waals surface area (Å²) in [6.07, 6.45) is 0.491. The molecule has 1 amide bonds. The first-order valence-electron chi connectivity index (χ1n) is 7.10. The van der Waals surface area contributed by atoms with Crippen LogP contribution >= 0.6 is 0 Å². The number of carbonyl (C=O) groups is 1. The van der Waals surface area contributed by atoms with Crippen LogP contribution in [0.2, 0.25) is 0 Å². The Labute approximate surface area is 119 Å². The molecule has 0 bridgehead atoms. The van der Waals surface area contributed by atoms with E-state index in [0.29, 0.717) is 13.0 Å². The highest BCUT2D eigenvalue weighted by atomic mass is 16.2. The third kappa shape index (κ3) is 2.92. The number of nitrogens with one attached hydrogen (secondary N) is 1. The van der Waals surface area contributed by atoms with Crippen LogP contribution in [-0.4, -0.2) is 40.0 Å². The fourth-order valence-electron chi connectivity index (χ4n) is 2.32. The maximum atomic E-state index is 11.9. The summed E-state index contributed by atoms with van der Waals surface area (Å²) >= 11 is 0. The summed E-state index contributed by atoms with van der Waals surface area (Å²) < 4.78 is 2.01. The summed E-state index contributed by atoms with van der Waals surface area (Å²) in [7, 11) is 1.98. The van der Waals surface area contributed by atoms with E-state index in [1.807, 2.05) is 54.6 Å².